The maximum Gasteiger partial charge on any atom is 0.329 e. The number of carbonyl (C=O) groups is 2. The first-order valence-corrected chi connectivity index (χ1v) is 6.39. The van der Waals surface area contributed by atoms with Gasteiger partial charge in [0, 0.05) is 18.3 Å². The number of hydrogen-bond acceptors (Lipinski definition) is 4. The number of nitrogen functional groups attached to an aromatic ring is 1. The number of aliphatic carboxylic acids is 1. The molecular formula is C14H18N2O4. The highest BCUT2D eigenvalue weighted by molar-refractivity contribution is 6.02. The summed E-state index contributed by atoms with van der Waals surface area (Å²) >= 11 is 0. The van der Waals surface area contributed by atoms with Gasteiger partial charge in [-0.1, -0.05) is 0 Å². The SMILES string of the molecule is COc1ccc(C(=O)N2CCCC2(C)C(=O)O)c(N)c1. The van der Waals surface area contributed by atoms with Gasteiger partial charge in [0.15, 0.2) is 0 Å². The molecule has 1 amide bonds. The van der Waals surface area contributed by atoms with Crippen molar-refractivity contribution in [3.63, 3.8) is 0 Å². The van der Waals surface area contributed by atoms with E-state index >= 15 is 0 Å². The van der Waals surface area contributed by atoms with Gasteiger partial charge in [-0.05, 0) is 31.9 Å². The number of nitrogens with two attached hydrogens (primary N) is 1. The Morgan fingerprint density at radius 1 is 1.45 bits per heavy atom. The van der Waals surface area contributed by atoms with Gasteiger partial charge in [-0.3, -0.25) is 4.79 Å². The van der Waals surface area contributed by atoms with Gasteiger partial charge in [0.05, 0.1) is 12.7 Å². The van der Waals surface area contributed by atoms with Gasteiger partial charge in [-0.15, -0.1) is 0 Å². The molecule has 1 aromatic carbocycles. The normalized spacial score (nSPS) is 21.8. The second kappa shape index (κ2) is 5.03. The van der Waals surface area contributed by atoms with Gasteiger partial charge >= 0.3 is 5.97 Å². The molecule has 1 aromatic rings. The Bertz CT molecular complexity index is 558. The van der Waals surface area contributed by atoms with E-state index in [1.165, 1.54) is 12.0 Å². The van der Waals surface area contributed by atoms with Gasteiger partial charge in [-0.2, -0.15) is 0 Å². The van der Waals surface area contributed by atoms with Crippen molar-refractivity contribution in [3.05, 3.63) is 23.8 Å². The maximum atomic E-state index is 12.5. The van der Waals surface area contributed by atoms with Crippen molar-refractivity contribution >= 4 is 17.6 Å². The number of ether oxygens (including phenoxy) is 1. The van der Waals surface area contributed by atoms with Crippen LogP contribution in [0.1, 0.15) is 30.1 Å². The second-order valence-electron chi connectivity index (χ2n) is 5.09. The summed E-state index contributed by atoms with van der Waals surface area (Å²) < 4.78 is 5.04. The Morgan fingerprint density at radius 3 is 2.70 bits per heavy atom. The van der Waals surface area contributed by atoms with E-state index in [0.29, 0.717) is 30.7 Å². The van der Waals surface area contributed by atoms with Crippen molar-refractivity contribution in [3.8, 4) is 5.75 Å². The van der Waals surface area contributed by atoms with E-state index in [1.54, 1.807) is 25.1 Å². The fourth-order valence-corrected chi connectivity index (χ4v) is 2.52. The van der Waals surface area contributed by atoms with Gasteiger partial charge in [-0.25, -0.2) is 4.79 Å². The number of rotatable bonds is 3. The average Bonchev–Trinajstić information content (AvgIpc) is 2.81. The minimum atomic E-state index is -1.16. The van der Waals surface area contributed by atoms with Crippen LogP contribution in [-0.4, -0.2) is 41.1 Å². The van der Waals surface area contributed by atoms with Crippen molar-refractivity contribution in [1.29, 1.82) is 0 Å². The van der Waals surface area contributed by atoms with Crippen LogP contribution in [0.3, 0.4) is 0 Å². The highest BCUT2D eigenvalue weighted by Crippen LogP contribution is 2.32. The van der Waals surface area contributed by atoms with Crippen LogP contribution >= 0.6 is 0 Å². The third kappa shape index (κ3) is 2.17. The summed E-state index contributed by atoms with van der Waals surface area (Å²) in [6, 6.07) is 4.76. The Labute approximate surface area is 117 Å². The van der Waals surface area contributed by atoms with E-state index in [2.05, 4.69) is 0 Å². The van der Waals surface area contributed by atoms with Crippen molar-refractivity contribution < 1.29 is 19.4 Å². The van der Waals surface area contributed by atoms with E-state index < -0.39 is 11.5 Å². The molecule has 0 saturated carbocycles. The molecule has 3 N–H and O–H groups in total. The lowest BCUT2D eigenvalue weighted by Gasteiger charge is -2.31. The predicted molar refractivity (Wildman–Crippen MR) is 73.7 cm³/mol. The smallest absolute Gasteiger partial charge is 0.329 e. The summed E-state index contributed by atoms with van der Waals surface area (Å²) in [7, 11) is 1.51. The Kier molecular flexibility index (Phi) is 3.57. The number of nitrogens with zero attached hydrogens (tertiary/aromatic N) is 1. The lowest BCUT2D eigenvalue weighted by Crippen LogP contribution is -2.50. The zero-order valence-electron chi connectivity index (χ0n) is 11.5. The van der Waals surface area contributed by atoms with Gasteiger partial charge < -0.3 is 20.5 Å². The molecule has 108 valence electrons. The molecule has 0 aliphatic carbocycles. The molecule has 6 nitrogen and oxygen atoms in total. The summed E-state index contributed by atoms with van der Waals surface area (Å²) in [6.45, 7) is 1.99. The second-order valence-corrected chi connectivity index (χ2v) is 5.09. The molecule has 1 saturated heterocycles. The molecular weight excluding hydrogens is 260 g/mol. The van der Waals surface area contributed by atoms with Crippen LogP contribution in [0.15, 0.2) is 18.2 Å². The fraction of sp³-hybridized carbons (Fsp3) is 0.429. The van der Waals surface area contributed by atoms with E-state index in [9.17, 15) is 14.7 Å². The Balaban J connectivity index is 2.34. The topological polar surface area (TPSA) is 92.9 Å². The van der Waals surface area contributed by atoms with Crippen molar-refractivity contribution in [2.24, 2.45) is 0 Å². The predicted octanol–water partition coefficient (Wildman–Crippen LogP) is 1.36. The summed E-state index contributed by atoms with van der Waals surface area (Å²) in [4.78, 5) is 25.3. The van der Waals surface area contributed by atoms with E-state index in [0.717, 1.165) is 0 Å². The van der Waals surface area contributed by atoms with Gasteiger partial charge in [0.1, 0.15) is 11.3 Å². The van der Waals surface area contributed by atoms with E-state index in [4.69, 9.17) is 10.5 Å². The fourth-order valence-electron chi connectivity index (χ4n) is 2.52. The number of carboxylic acid groups (broad SMARTS) is 1. The quantitative estimate of drug-likeness (QED) is 0.814. The van der Waals surface area contributed by atoms with Crippen molar-refractivity contribution in [2.45, 2.75) is 25.3 Å². The number of benzene rings is 1. The van der Waals surface area contributed by atoms with Gasteiger partial charge in [0.2, 0.25) is 0 Å². The third-order valence-corrected chi connectivity index (χ3v) is 3.84. The van der Waals surface area contributed by atoms with Crippen LogP contribution in [0.25, 0.3) is 0 Å². The monoisotopic (exact) mass is 278 g/mol. The zero-order chi connectivity index (χ0) is 14.9. The largest absolute Gasteiger partial charge is 0.497 e. The minimum Gasteiger partial charge on any atom is -0.497 e. The molecule has 1 aliphatic rings. The lowest BCUT2D eigenvalue weighted by molar-refractivity contribution is -0.147. The Hall–Kier alpha value is -2.24. The molecule has 0 spiro atoms. The van der Waals surface area contributed by atoms with Crippen LogP contribution in [-0.2, 0) is 4.79 Å². The first-order chi connectivity index (χ1) is 9.40. The molecule has 2 rings (SSSR count). The molecule has 0 radical (unpaired) electrons. The molecule has 0 bridgehead atoms. The van der Waals surface area contributed by atoms with E-state index in [-0.39, 0.29) is 11.6 Å². The van der Waals surface area contributed by atoms with Crippen molar-refractivity contribution in [1.82, 2.24) is 4.90 Å². The molecule has 20 heavy (non-hydrogen) atoms. The van der Waals surface area contributed by atoms with Crippen molar-refractivity contribution in [2.75, 3.05) is 19.4 Å². The van der Waals surface area contributed by atoms with Gasteiger partial charge in [0.25, 0.3) is 5.91 Å². The molecule has 1 unspecified atom stereocenters. The van der Waals surface area contributed by atoms with Crippen LogP contribution in [0.4, 0.5) is 5.69 Å². The molecule has 0 aromatic heterocycles. The highest BCUT2D eigenvalue weighted by Gasteiger charge is 2.46. The number of likely N-dealkylation sites (tertiary alicyclic amines) is 1. The number of hydrogen-bond donors (Lipinski definition) is 2. The Morgan fingerprint density at radius 2 is 2.15 bits per heavy atom. The number of amides is 1. The lowest BCUT2D eigenvalue weighted by atomic mass is 9.98. The summed E-state index contributed by atoms with van der Waals surface area (Å²) in [5, 5.41) is 9.35. The molecule has 1 aliphatic heterocycles. The average molecular weight is 278 g/mol. The van der Waals surface area contributed by atoms with Crippen LogP contribution in [0.2, 0.25) is 0 Å². The zero-order valence-corrected chi connectivity index (χ0v) is 11.5. The van der Waals surface area contributed by atoms with E-state index in [1.807, 2.05) is 0 Å². The van der Waals surface area contributed by atoms with Crippen LogP contribution in [0.5, 0.6) is 5.75 Å². The number of anilines is 1. The summed E-state index contributed by atoms with van der Waals surface area (Å²) in [5.74, 6) is -0.788. The standard InChI is InChI=1S/C14H18N2O4/c1-14(13(18)19)6-3-7-16(14)12(17)10-5-4-9(20-2)8-11(10)15/h4-5,8H,3,6-7,15H2,1-2H3,(H,18,19). The number of methoxy groups -OCH3 is 1. The van der Waals surface area contributed by atoms with Crippen LogP contribution < -0.4 is 10.5 Å². The first kappa shape index (κ1) is 14.2. The summed E-state index contributed by atoms with van der Waals surface area (Å²) in [5.41, 5.74) is 5.28. The minimum absolute atomic E-state index is 0.286. The number of carboxylic acids is 1. The summed E-state index contributed by atoms with van der Waals surface area (Å²) in [6.07, 6.45) is 1.12. The molecule has 6 heteroatoms. The first-order valence-electron chi connectivity index (χ1n) is 6.39. The number of carbonyl (C=O) groups excluding carboxylic acids is 1. The molecule has 1 atom stereocenters. The van der Waals surface area contributed by atoms with Crippen LogP contribution in [0, 0.1) is 0 Å². The molecule has 1 fully saturated rings. The maximum absolute atomic E-state index is 12.5. The molecule has 1 heterocycles. The highest BCUT2D eigenvalue weighted by atomic mass is 16.5. The third-order valence-electron chi connectivity index (χ3n) is 3.84.